The smallest absolute Gasteiger partial charge is 0.252 e. The number of benzene rings is 2. The summed E-state index contributed by atoms with van der Waals surface area (Å²) in [6.45, 7) is 1.94. The molecule has 0 aliphatic rings. The van der Waals surface area contributed by atoms with Crippen molar-refractivity contribution in [3.05, 3.63) is 89.5 Å². The average molecular weight is 377 g/mol. The second kappa shape index (κ2) is 8.90. The van der Waals surface area contributed by atoms with Crippen molar-refractivity contribution in [2.45, 2.75) is 13.3 Å². The van der Waals surface area contributed by atoms with Crippen molar-refractivity contribution in [2.24, 2.45) is 0 Å². The number of carbonyl (C=O) groups is 2. The maximum absolute atomic E-state index is 12.9. The fourth-order valence-corrected chi connectivity index (χ4v) is 2.69. The summed E-state index contributed by atoms with van der Waals surface area (Å²) in [5.74, 6) is -0.538. The number of nitrogens with zero attached hydrogens (tertiary/aromatic N) is 1. The fraction of sp³-hybridized carbons (Fsp3) is 0.136. The number of anilines is 2. The van der Waals surface area contributed by atoms with Gasteiger partial charge in [0.15, 0.2) is 5.78 Å². The zero-order valence-electron chi connectivity index (χ0n) is 15.4. The largest absolute Gasteiger partial charge is 0.354 e. The van der Waals surface area contributed by atoms with E-state index < -0.39 is 0 Å². The van der Waals surface area contributed by atoms with E-state index in [-0.39, 0.29) is 17.5 Å². The minimum absolute atomic E-state index is 0.0175. The molecule has 1 heterocycles. The van der Waals surface area contributed by atoms with Crippen LogP contribution in [0.5, 0.6) is 0 Å². The maximum atomic E-state index is 12.9. The summed E-state index contributed by atoms with van der Waals surface area (Å²) in [6.07, 6.45) is 3.70. The van der Waals surface area contributed by atoms with Gasteiger partial charge in [-0.05, 0) is 49.2 Å². The number of pyridine rings is 1. The molecule has 3 aromatic rings. The number of rotatable bonds is 7. The van der Waals surface area contributed by atoms with Crippen molar-refractivity contribution < 1.29 is 14.0 Å². The number of nitrogens with one attached hydrogen (secondary N) is 2. The summed E-state index contributed by atoms with van der Waals surface area (Å²) in [5.41, 5.74) is 3.36. The van der Waals surface area contributed by atoms with Crippen molar-refractivity contribution in [3.63, 3.8) is 0 Å². The van der Waals surface area contributed by atoms with Crippen LogP contribution in [0.15, 0.2) is 67.0 Å². The Morgan fingerprint density at radius 3 is 2.46 bits per heavy atom. The lowest BCUT2D eigenvalue weighted by molar-refractivity contribution is 0.0952. The molecule has 0 aliphatic carbocycles. The van der Waals surface area contributed by atoms with Gasteiger partial charge < -0.3 is 10.6 Å². The SMILES string of the molecule is CC(=O)c1cccc(Nc2cncc(C(=O)NCCc3ccc(F)cc3)c2)c1. The minimum atomic E-state index is -0.281. The molecule has 0 radical (unpaired) electrons. The number of halogens is 1. The maximum Gasteiger partial charge on any atom is 0.252 e. The van der Waals surface area contributed by atoms with Crippen LogP contribution < -0.4 is 10.6 Å². The highest BCUT2D eigenvalue weighted by Gasteiger charge is 2.08. The Bertz CT molecular complexity index is 987. The van der Waals surface area contributed by atoms with Crippen LogP contribution in [-0.2, 0) is 6.42 Å². The molecule has 1 amide bonds. The van der Waals surface area contributed by atoms with E-state index in [0.717, 1.165) is 11.3 Å². The standard InChI is InChI=1S/C22H20FN3O2/c1-15(27)17-3-2-4-20(11-17)26-21-12-18(13-24-14-21)22(28)25-10-9-16-5-7-19(23)8-6-16/h2-8,11-14,26H,9-10H2,1H3,(H,25,28). The summed E-state index contributed by atoms with van der Waals surface area (Å²) >= 11 is 0. The van der Waals surface area contributed by atoms with E-state index in [0.29, 0.717) is 29.8 Å². The zero-order valence-corrected chi connectivity index (χ0v) is 15.4. The van der Waals surface area contributed by atoms with Gasteiger partial charge in [0.1, 0.15) is 5.82 Å². The number of aromatic nitrogens is 1. The number of Topliss-reactive ketones (excluding diaryl/α,β-unsaturated/α-hetero) is 1. The fourth-order valence-electron chi connectivity index (χ4n) is 2.69. The number of ketones is 1. The second-order valence-electron chi connectivity index (χ2n) is 6.36. The molecule has 0 bridgehead atoms. The van der Waals surface area contributed by atoms with Crippen molar-refractivity contribution in [1.82, 2.24) is 10.3 Å². The molecule has 0 fully saturated rings. The van der Waals surface area contributed by atoms with Gasteiger partial charge >= 0.3 is 0 Å². The van der Waals surface area contributed by atoms with Gasteiger partial charge in [-0.1, -0.05) is 24.3 Å². The monoisotopic (exact) mass is 377 g/mol. The van der Waals surface area contributed by atoms with Crippen molar-refractivity contribution in [3.8, 4) is 0 Å². The quantitative estimate of drug-likeness (QED) is 0.607. The highest BCUT2D eigenvalue weighted by Crippen LogP contribution is 2.18. The number of hydrogen-bond donors (Lipinski definition) is 2. The average Bonchev–Trinajstić information content (AvgIpc) is 2.70. The molecule has 2 aromatic carbocycles. The third-order valence-electron chi connectivity index (χ3n) is 4.17. The third-order valence-corrected chi connectivity index (χ3v) is 4.17. The van der Waals surface area contributed by atoms with Gasteiger partial charge in [0, 0.05) is 24.0 Å². The van der Waals surface area contributed by atoms with Crippen LogP contribution in [0.1, 0.15) is 33.2 Å². The highest BCUT2D eigenvalue weighted by atomic mass is 19.1. The lowest BCUT2D eigenvalue weighted by atomic mass is 10.1. The van der Waals surface area contributed by atoms with E-state index in [9.17, 15) is 14.0 Å². The van der Waals surface area contributed by atoms with Gasteiger partial charge in [-0.25, -0.2) is 4.39 Å². The Morgan fingerprint density at radius 2 is 1.71 bits per heavy atom. The van der Waals surface area contributed by atoms with Crippen molar-refractivity contribution in [2.75, 3.05) is 11.9 Å². The molecule has 0 atom stereocenters. The summed E-state index contributed by atoms with van der Waals surface area (Å²) in [7, 11) is 0. The Labute approximate surface area is 162 Å². The van der Waals surface area contributed by atoms with Crippen LogP contribution in [0.2, 0.25) is 0 Å². The lowest BCUT2D eigenvalue weighted by Gasteiger charge is -2.09. The van der Waals surface area contributed by atoms with Gasteiger partial charge in [0.25, 0.3) is 5.91 Å². The van der Waals surface area contributed by atoms with Crippen LogP contribution >= 0.6 is 0 Å². The van der Waals surface area contributed by atoms with Gasteiger partial charge in [0.2, 0.25) is 0 Å². The zero-order chi connectivity index (χ0) is 19.9. The normalized spacial score (nSPS) is 10.4. The lowest BCUT2D eigenvalue weighted by Crippen LogP contribution is -2.25. The first-order valence-corrected chi connectivity index (χ1v) is 8.87. The van der Waals surface area contributed by atoms with Gasteiger partial charge in [-0.15, -0.1) is 0 Å². The Kier molecular flexibility index (Phi) is 6.11. The van der Waals surface area contributed by atoms with Crippen LogP contribution in [0.25, 0.3) is 0 Å². The molecule has 0 spiro atoms. The first kappa shape index (κ1) is 19.2. The summed E-state index contributed by atoms with van der Waals surface area (Å²) < 4.78 is 12.9. The third kappa shape index (κ3) is 5.23. The molecule has 5 nitrogen and oxygen atoms in total. The molecule has 0 unspecified atom stereocenters. The number of carbonyl (C=O) groups excluding carboxylic acids is 2. The summed E-state index contributed by atoms with van der Waals surface area (Å²) in [4.78, 5) is 28.0. The second-order valence-corrected chi connectivity index (χ2v) is 6.36. The first-order chi connectivity index (χ1) is 13.5. The van der Waals surface area contributed by atoms with Gasteiger partial charge in [-0.3, -0.25) is 14.6 Å². The van der Waals surface area contributed by atoms with E-state index in [1.54, 1.807) is 42.6 Å². The topological polar surface area (TPSA) is 71.1 Å². The van der Waals surface area contributed by atoms with E-state index >= 15 is 0 Å². The van der Waals surface area contributed by atoms with Gasteiger partial charge in [-0.2, -0.15) is 0 Å². The summed E-state index contributed by atoms with van der Waals surface area (Å²) in [6, 6.07) is 15.0. The van der Waals surface area contributed by atoms with E-state index in [1.165, 1.54) is 25.3 Å². The molecule has 0 saturated carbocycles. The molecule has 1 aromatic heterocycles. The van der Waals surface area contributed by atoms with Crippen LogP contribution in [0, 0.1) is 5.82 Å². The van der Waals surface area contributed by atoms with Crippen LogP contribution in [-0.4, -0.2) is 23.2 Å². The summed E-state index contributed by atoms with van der Waals surface area (Å²) in [5, 5.41) is 5.98. The Balaban J connectivity index is 1.60. The van der Waals surface area contributed by atoms with E-state index in [1.807, 2.05) is 6.07 Å². The molecule has 142 valence electrons. The van der Waals surface area contributed by atoms with Crippen molar-refractivity contribution in [1.29, 1.82) is 0 Å². The molecular weight excluding hydrogens is 357 g/mol. The van der Waals surface area contributed by atoms with E-state index in [2.05, 4.69) is 15.6 Å². The molecule has 0 saturated heterocycles. The van der Waals surface area contributed by atoms with E-state index in [4.69, 9.17) is 0 Å². The Morgan fingerprint density at radius 1 is 0.964 bits per heavy atom. The number of hydrogen-bond acceptors (Lipinski definition) is 4. The highest BCUT2D eigenvalue weighted by molar-refractivity contribution is 5.96. The number of amides is 1. The Hall–Kier alpha value is -3.54. The van der Waals surface area contributed by atoms with Crippen LogP contribution in [0.4, 0.5) is 15.8 Å². The molecule has 3 rings (SSSR count). The van der Waals surface area contributed by atoms with Gasteiger partial charge in [0.05, 0.1) is 17.4 Å². The predicted molar refractivity (Wildman–Crippen MR) is 106 cm³/mol. The van der Waals surface area contributed by atoms with Crippen molar-refractivity contribution >= 4 is 23.1 Å². The van der Waals surface area contributed by atoms with Crippen LogP contribution in [0.3, 0.4) is 0 Å². The molecular formula is C22H20FN3O2. The predicted octanol–water partition coefficient (Wildman–Crippen LogP) is 4.14. The molecule has 6 heteroatoms. The molecule has 28 heavy (non-hydrogen) atoms. The minimum Gasteiger partial charge on any atom is -0.354 e. The molecule has 0 aliphatic heterocycles. The molecule has 2 N–H and O–H groups in total. The first-order valence-electron chi connectivity index (χ1n) is 8.87.